The zero-order valence-corrected chi connectivity index (χ0v) is 20.2. The van der Waals surface area contributed by atoms with Crippen molar-refractivity contribution in [1.82, 2.24) is 0 Å². The van der Waals surface area contributed by atoms with E-state index < -0.39 is 0 Å². The number of allylic oxidation sites excluding steroid dienone is 2. The molecule has 3 nitrogen and oxygen atoms in total. The summed E-state index contributed by atoms with van der Waals surface area (Å²) in [7, 11) is 6.28. The van der Waals surface area contributed by atoms with Crippen LogP contribution in [0.2, 0.25) is 0 Å². The average Bonchev–Trinajstić information content (AvgIpc) is 2.59. The first-order chi connectivity index (χ1) is 13.0. The van der Waals surface area contributed by atoms with Crippen molar-refractivity contribution in [2.45, 2.75) is 103 Å². The van der Waals surface area contributed by atoms with E-state index in [0.717, 1.165) is 24.1 Å². The van der Waals surface area contributed by atoms with E-state index in [1.807, 2.05) is 0 Å². The smallest absolute Gasteiger partial charge is 0.126 e. The van der Waals surface area contributed by atoms with E-state index in [1.165, 1.54) is 83.5 Å². The second-order valence-corrected chi connectivity index (χ2v) is 9.14. The van der Waals surface area contributed by atoms with E-state index >= 15 is 0 Å². The third-order valence-electron chi connectivity index (χ3n) is 4.87. The van der Waals surface area contributed by atoms with Crippen LogP contribution >= 0.6 is 0 Å². The van der Waals surface area contributed by atoms with Crippen molar-refractivity contribution in [2.75, 3.05) is 40.9 Å². The van der Waals surface area contributed by atoms with Crippen molar-refractivity contribution in [2.24, 2.45) is 0 Å². The molecule has 4 heteroatoms. The summed E-state index contributed by atoms with van der Waals surface area (Å²) in [5.41, 5.74) is 0. The molecule has 1 unspecified atom stereocenters. The summed E-state index contributed by atoms with van der Waals surface area (Å²) in [5, 5.41) is 9.87. The molecule has 0 aromatic carbocycles. The predicted molar refractivity (Wildman–Crippen MR) is 119 cm³/mol. The normalized spacial score (nSPS) is 13.0. The van der Waals surface area contributed by atoms with Gasteiger partial charge in [0.2, 0.25) is 0 Å². The predicted octanol–water partition coefficient (Wildman–Crippen LogP) is 3.11. The maximum Gasteiger partial charge on any atom is 0.126 e. The minimum Gasteiger partial charge on any atom is -1.00 e. The molecule has 28 heavy (non-hydrogen) atoms. The quantitative estimate of drug-likeness (QED) is 0.186. The van der Waals surface area contributed by atoms with Gasteiger partial charge in [-0.15, -0.1) is 0 Å². The van der Waals surface area contributed by atoms with Crippen LogP contribution in [0.1, 0.15) is 96.8 Å². The lowest BCUT2D eigenvalue weighted by Crippen LogP contribution is -3.00. The van der Waals surface area contributed by atoms with E-state index in [2.05, 4.69) is 40.2 Å². The number of quaternary nitrogens is 1. The van der Waals surface area contributed by atoms with Gasteiger partial charge in [-0.05, 0) is 32.1 Å². The lowest BCUT2D eigenvalue weighted by Gasteiger charge is -2.26. The molecule has 0 aliphatic heterocycles. The molecule has 0 rings (SSSR count). The minimum atomic E-state index is -0.348. The minimum absolute atomic E-state index is 0. The molecule has 1 N–H and O–H groups in total. The Labute approximate surface area is 182 Å². The molecule has 0 spiro atoms. The van der Waals surface area contributed by atoms with Crippen molar-refractivity contribution >= 4 is 0 Å². The fourth-order valence-corrected chi connectivity index (χ4v) is 3.36. The molecule has 0 fully saturated rings. The molecule has 0 bridgehead atoms. The Kier molecular flexibility index (Phi) is 23.2. The number of likely N-dealkylation sites (N-methyl/N-ethyl adjacent to an activating group) is 1. The first-order valence-corrected chi connectivity index (χ1v) is 11.7. The first-order valence-electron chi connectivity index (χ1n) is 11.7. The van der Waals surface area contributed by atoms with Crippen LogP contribution in [-0.2, 0) is 4.74 Å². The highest BCUT2D eigenvalue weighted by Crippen LogP contribution is 2.10. The molecule has 0 saturated carbocycles. The number of halogens is 1. The standard InChI is InChI=1S/C24H50NO2.ClH/c1-5-6-7-8-9-10-11-12-13-14-15-16-17-18-19-20-21-27-23-24(26)22-25(2,3)4;/h12-13,24,26H,5-11,14-23H2,1-4H3;1H/q+1;/p-1. The van der Waals surface area contributed by atoms with Crippen molar-refractivity contribution in [3.63, 3.8) is 0 Å². The van der Waals surface area contributed by atoms with Gasteiger partial charge in [-0.25, -0.2) is 0 Å². The third-order valence-corrected chi connectivity index (χ3v) is 4.87. The van der Waals surface area contributed by atoms with Crippen LogP contribution in [0, 0.1) is 0 Å². The Bertz CT molecular complexity index is 329. The van der Waals surface area contributed by atoms with Crippen LogP contribution in [0.3, 0.4) is 0 Å². The van der Waals surface area contributed by atoms with Crippen LogP contribution in [0.5, 0.6) is 0 Å². The zero-order chi connectivity index (χ0) is 20.2. The van der Waals surface area contributed by atoms with Gasteiger partial charge in [-0.2, -0.15) is 0 Å². The highest BCUT2D eigenvalue weighted by Gasteiger charge is 2.15. The van der Waals surface area contributed by atoms with E-state index in [9.17, 15) is 5.11 Å². The fraction of sp³-hybridized carbons (Fsp3) is 0.917. The number of nitrogens with zero attached hydrogens (tertiary/aromatic N) is 1. The van der Waals surface area contributed by atoms with Crippen LogP contribution in [-0.4, -0.2) is 56.6 Å². The van der Waals surface area contributed by atoms with Crippen LogP contribution in [0.25, 0.3) is 0 Å². The van der Waals surface area contributed by atoms with Gasteiger partial charge < -0.3 is 26.7 Å². The molecule has 0 aromatic rings. The Morgan fingerprint density at radius 3 is 1.71 bits per heavy atom. The Morgan fingerprint density at radius 2 is 1.21 bits per heavy atom. The lowest BCUT2D eigenvalue weighted by atomic mass is 10.1. The summed E-state index contributed by atoms with van der Waals surface area (Å²) in [6, 6.07) is 0. The Morgan fingerprint density at radius 1 is 0.750 bits per heavy atom. The topological polar surface area (TPSA) is 29.5 Å². The number of unbranched alkanes of at least 4 members (excludes halogenated alkanes) is 12. The van der Waals surface area contributed by atoms with E-state index in [1.54, 1.807) is 0 Å². The summed E-state index contributed by atoms with van der Waals surface area (Å²) in [4.78, 5) is 0. The third kappa shape index (κ3) is 25.9. The average molecular weight is 420 g/mol. The SMILES string of the molecule is CCCCCCCCC=CCCCCCCCCOCC(O)C[N+](C)(C)C.[Cl-]. The van der Waals surface area contributed by atoms with Gasteiger partial charge in [0, 0.05) is 6.61 Å². The Hall–Kier alpha value is -0.0900. The summed E-state index contributed by atoms with van der Waals surface area (Å²) in [5.74, 6) is 0. The summed E-state index contributed by atoms with van der Waals surface area (Å²) < 4.78 is 6.37. The molecule has 170 valence electrons. The summed E-state index contributed by atoms with van der Waals surface area (Å²) in [6.45, 7) is 4.28. The molecule has 0 aromatic heterocycles. The van der Waals surface area contributed by atoms with Gasteiger partial charge >= 0.3 is 0 Å². The molecule has 0 saturated heterocycles. The van der Waals surface area contributed by atoms with Gasteiger partial charge in [0.1, 0.15) is 12.6 Å². The number of hydrogen-bond acceptors (Lipinski definition) is 2. The molecule has 0 aliphatic rings. The van der Waals surface area contributed by atoms with Crippen molar-refractivity contribution < 1.29 is 26.7 Å². The number of aliphatic hydroxyl groups is 1. The van der Waals surface area contributed by atoms with Crippen molar-refractivity contribution in [1.29, 1.82) is 0 Å². The first kappa shape index (κ1) is 30.1. The highest BCUT2D eigenvalue weighted by atomic mass is 35.5. The van der Waals surface area contributed by atoms with E-state index in [-0.39, 0.29) is 18.5 Å². The van der Waals surface area contributed by atoms with Crippen molar-refractivity contribution in [3.05, 3.63) is 12.2 Å². The van der Waals surface area contributed by atoms with Gasteiger partial charge in [-0.1, -0.05) is 76.9 Å². The molecule has 0 amide bonds. The zero-order valence-electron chi connectivity index (χ0n) is 19.4. The maximum atomic E-state index is 9.87. The van der Waals surface area contributed by atoms with Gasteiger partial charge in [0.05, 0.1) is 27.7 Å². The number of ether oxygens (including phenoxy) is 1. The summed E-state index contributed by atoms with van der Waals surface area (Å²) >= 11 is 0. The lowest BCUT2D eigenvalue weighted by molar-refractivity contribution is -0.873. The maximum absolute atomic E-state index is 9.87. The van der Waals surface area contributed by atoms with E-state index in [0.29, 0.717) is 6.61 Å². The van der Waals surface area contributed by atoms with Gasteiger partial charge in [0.25, 0.3) is 0 Å². The van der Waals surface area contributed by atoms with Crippen molar-refractivity contribution in [3.8, 4) is 0 Å². The molecule has 0 aliphatic carbocycles. The largest absolute Gasteiger partial charge is 1.00 e. The van der Waals surface area contributed by atoms with Crippen LogP contribution in [0.4, 0.5) is 0 Å². The number of aliphatic hydroxyl groups excluding tert-OH is 1. The molecular formula is C24H50ClNO2. The van der Waals surface area contributed by atoms with E-state index in [4.69, 9.17) is 4.74 Å². The second-order valence-electron chi connectivity index (χ2n) is 9.14. The monoisotopic (exact) mass is 419 g/mol. The molecular weight excluding hydrogens is 370 g/mol. The summed E-state index contributed by atoms with van der Waals surface area (Å²) in [6.07, 6.45) is 23.0. The van der Waals surface area contributed by atoms with Gasteiger partial charge in [-0.3, -0.25) is 0 Å². The highest BCUT2D eigenvalue weighted by molar-refractivity contribution is 4.81. The Balaban J connectivity index is 0. The second kappa shape index (κ2) is 21.6. The van der Waals surface area contributed by atoms with Crippen LogP contribution < -0.4 is 12.4 Å². The molecule has 0 radical (unpaired) electrons. The molecule has 1 atom stereocenters. The number of rotatable bonds is 20. The van der Waals surface area contributed by atoms with Gasteiger partial charge in [0.15, 0.2) is 0 Å². The molecule has 0 heterocycles. The number of hydrogen-bond donors (Lipinski definition) is 1. The van der Waals surface area contributed by atoms with Crippen LogP contribution in [0.15, 0.2) is 12.2 Å². The fourth-order valence-electron chi connectivity index (χ4n) is 3.36.